The molecule has 5 heteroatoms. The van der Waals surface area contributed by atoms with Crippen LogP contribution in [-0.2, 0) is 9.47 Å². The fourth-order valence-electron chi connectivity index (χ4n) is 2.38. The molecule has 3 N–H and O–H groups in total. The third-order valence-corrected chi connectivity index (χ3v) is 3.76. The van der Waals surface area contributed by atoms with Crippen molar-refractivity contribution in [1.29, 1.82) is 0 Å². The van der Waals surface area contributed by atoms with Crippen molar-refractivity contribution in [2.45, 2.75) is 36.9 Å². The van der Waals surface area contributed by atoms with Gasteiger partial charge in [0.1, 0.15) is 0 Å². The van der Waals surface area contributed by atoms with Crippen LogP contribution in [-0.4, -0.2) is 60.9 Å². The van der Waals surface area contributed by atoms with Crippen LogP contribution >= 0.6 is 0 Å². The van der Waals surface area contributed by atoms with Crippen molar-refractivity contribution in [2.75, 3.05) is 39.5 Å². The first-order valence-corrected chi connectivity index (χ1v) is 6.43. The first-order chi connectivity index (χ1) is 8.12. The van der Waals surface area contributed by atoms with E-state index in [2.05, 4.69) is 5.32 Å². The van der Waals surface area contributed by atoms with Crippen LogP contribution < -0.4 is 5.32 Å². The molecule has 0 aromatic heterocycles. The lowest BCUT2D eigenvalue weighted by atomic mass is 9.92. The molecule has 2 rings (SSSR count). The maximum absolute atomic E-state index is 10.2. The molecule has 2 aliphatic heterocycles. The van der Waals surface area contributed by atoms with E-state index >= 15 is 0 Å². The number of rotatable bonds is 4. The van der Waals surface area contributed by atoms with E-state index in [4.69, 9.17) is 9.47 Å². The van der Waals surface area contributed by atoms with Crippen molar-refractivity contribution in [3.8, 4) is 0 Å². The zero-order valence-electron chi connectivity index (χ0n) is 10.3. The van der Waals surface area contributed by atoms with Crippen LogP contribution in [0.4, 0.5) is 0 Å². The summed E-state index contributed by atoms with van der Waals surface area (Å²) < 4.78 is 10.5. The average molecular weight is 245 g/mol. The molecule has 0 amide bonds. The van der Waals surface area contributed by atoms with Crippen molar-refractivity contribution < 1.29 is 19.7 Å². The Morgan fingerprint density at radius 2 is 1.12 bits per heavy atom. The van der Waals surface area contributed by atoms with Crippen molar-refractivity contribution in [1.82, 2.24) is 5.32 Å². The molecule has 0 aromatic carbocycles. The van der Waals surface area contributed by atoms with E-state index < -0.39 is 11.2 Å². The maximum Gasteiger partial charge on any atom is 0.0815 e. The van der Waals surface area contributed by atoms with Gasteiger partial charge in [-0.3, -0.25) is 0 Å². The lowest BCUT2D eigenvalue weighted by Crippen LogP contribution is -2.51. The molecule has 100 valence electrons. The number of ether oxygens (including phenoxy) is 2. The predicted octanol–water partition coefficient (Wildman–Crippen LogP) is -0.341. The van der Waals surface area contributed by atoms with E-state index in [-0.39, 0.29) is 0 Å². The van der Waals surface area contributed by atoms with Crippen molar-refractivity contribution in [3.63, 3.8) is 0 Å². The minimum Gasteiger partial charge on any atom is -0.388 e. The van der Waals surface area contributed by atoms with Crippen molar-refractivity contribution in [3.05, 3.63) is 0 Å². The predicted molar refractivity (Wildman–Crippen MR) is 62.9 cm³/mol. The molecule has 0 spiro atoms. The lowest BCUT2D eigenvalue weighted by molar-refractivity contribution is -0.0771. The molecule has 0 radical (unpaired) electrons. The molecule has 0 aromatic rings. The highest BCUT2D eigenvalue weighted by atomic mass is 16.5. The Balaban J connectivity index is 1.70. The number of hydrogen-bond acceptors (Lipinski definition) is 5. The van der Waals surface area contributed by atoms with E-state index in [1.54, 1.807) is 0 Å². The summed E-state index contributed by atoms with van der Waals surface area (Å²) in [4.78, 5) is 0. The van der Waals surface area contributed by atoms with Gasteiger partial charge in [0.15, 0.2) is 0 Å². The topological polar surface area (TPSA) is 71.0 Å². The van der Waals surface area contributed by atoms with Crippen molar-refractivity contribution in [2.24, 2.45) is 0 Å². The SMILES string of the molecule is OC1(CNCC2(O)CCOCC2)CCOCC1. The molecule has 0 aliphatic carbocycles. The third kappa shape index (κ3) is 3.89. The molecular weight excluding hydrogens is 222 g/mol. The van der Waals surface area contributed by atoms with Crippen LogP contribution in [0.3, 0.4) is 0 Å². The molecule has 0 bridgehead atoms. The number of hydrogen-bond donors (Lipinski definition) is 3. The lowest BCUT2D eigenvalue weighted by Gasteiger charge is -2.36. The molecule has 0 atom stereocenters. The Morgan fingerprint density at radius 3 is 1.47 bits per heavy atom. The molecule has 17 heavy (non-hydrogen) atoms. The minimum absolute atomic E-state index is 0.527. The van der Waals surface area contributed by atoms with Gasteiger partial charge in [0.05, 0.1) is 11.2 Å². The fraction of sp³-hybridized carbons (Fsp3) is 1.00. The standard InChI is InChI=1S/C12H23NO4/c14-11(1-5-16-6-2-11)9-13-10-12(15)3-7-17-8-4-12/h13-15H,1-10H2. The molecule has 0 unspecified atom stereocenters. The highest BCUT2D eigenvalue weighted by Gasteiger charge is 2.33. The summed E-state index contributed by atoms with van der Waals surface area (Å²) in [6.07, 6.45) is 2.67. The molecule has 0 saturated carbocycles. The van der Waals surface area contributed by atoms with E-state index in [1.807, 2.05) is 0 Å². The van der Waals surface area contributed by atoms with Crippen LogP contribution in [0.15, 0.2) is 0 Å². The molecular formula is C12H23NO4. The van der Waals surface area contributed by atoms with Crippen LogP contribution in [0.1, 0.15) is 25.7 Å². The van der Waals surface area contributed by atoms with E-state index in [1.165, 1.54) is 0 Å². The Morgan fingerprint density at radius 1 is 0.765 bits per heavy atom. The second-order valence-electron chi connectivity index (χ2n) is 5.28. The molecule has 2 aliphatic rings. The quantitative estimate of drug-likeness (QED) is 0.632. The monoisotopic (exact) mass is 245 g/mol. The number of nitrogens with one attached hydrogen (secondary N) is 1. The van der Waals surface area contributed by atoms with Gasteiger partial charge in [0.25, 0.3) is 0 Å². The van der Waals surface area contributed by atoms with Gasteiger partial charge in [-0.2, -0.15) is 0 Å². The normalized spacial score (nSPS) is 27.9. The zero-order chi connectivity index (χ0) is 12.2. The van der Waals surface area contributed by atoms with Gasteiger partial charge in [-0.25, -0.2) is 0 Å². The molecule has 2 heterocycles. The van der Waals surface area contributed by atoms with Crippen LogP contribution in [0, 0.1) is 0 Å². The van der Waals surface area contributed by atoms with Gasteiger partial charge in [-0.05, 0) is 0 Å². The van der Waals surface area contributed by atoms with Gasteiger partial charge in [-0.15, -0.1) is 0 Å². The van der Waals surface area contributed by atoms with Crippen molar-refractivity contribution >= 4 is 0 Å². The molecule has 2 fully saturated rings. The first kappa shape index (κ1) is 13.2. The second kappa shape index (κ2) is 5.63. The van der Waals surface area contributed by atoms with Gasteiger partial charge in [0, 0.05) is 65.2 Å². The van der Waals surface area contributed by atoms with E-state index in [9.17, 15) is 10.2 Å². The van der Waals surface area contributed by atoms with Crippen LogP contribution in [0.25, 0.3) is 0 Å². The van der Waals surface area contributed by atoms with Crippen LogP contribution in [0.2, 0.25) is 0 Å². The van der Waals surface area contributed by atoms with E-state index in [0.717, 1.165) is 0 Å². The van der Waals surface area contributed by atoms with Gasteiger partial charge >= 0.3 is 0 Å². The summed E-state index contributed by atoms with van der Waals surface area (Å²) in [6.45, 7) is 3.54. The summed E-state index contributed by atoms with van der Waals surface area (Å²) in [5, 5.41) is 23.7. The zero-order valence-corrected chi connectivity index (χ0v) is 10.3. The smallest absolute Gasteiger partial charge is 0.0815 e. The summed E-state index contributed by atoms with van der Waals surface area (Å²) in [5.74, 6) is 0. The fourth-order valence-corrected chi connectivity index (χ4v) is 2.38. The highest BCUT2D eigenvalue weighted by Crippen LogP contribution is 2.21. The summed E-state index contributed by atoms with van der Waals surface area (Å²) in [6, 6.07) is 0. The summed E-state index contributed by atoms with van der Waals surface area (Å²) >= 11 is 0. The van der Waals surface area contributed by atoms with Gasteiger partial charge < -0.3 is 25.0 Å². The Bertz CT molecular complexity index is 211. The van der Waals surface area contributed by atoms with E-state index in [0.29, 0.717) is 65.2 Å². The maximum atomic E-state index is 10.2. The molecule has 2 saturated heterocycles. The highest BCUT2D eigenvalue weighted by molar-refractivity contribution is 4.88. The Labute approximate surface area is 102 Å². The molecule has 5 nitrogen and oxygen atoms in total. The van der Waals surface area contributed by atoms with Crippen LogP contribution in [0.5, 0.6) is 0 Å². The Kier molecular flexibility index (Phi) is 4.38. The van der Waals surface area contributed by atoms with Gasteiger partial charge in [0.2, 0.25) is 0 Å². The second-order valence-corrected chi connectivity index (χ2v) is 5.28. The van der Waals surface area contributed by atoms with Gasteiger partial charge in [-0.1, -0.05) is 0 Å². The third-order valence-electron chi connectivity index (χ3n) is 3.76. The number of aliphatic hydroxyl groups is 2. The first-order valence-electron chi connectivity index (χ1n) is 6.43. The largest absolute Gasteiger partial charge is 0.388 e. The summed E-state index contributed by atoms with van der Waals surface area (Å²) in [5.41, 5.74) is -1.33. The minimum atomic E-state index is -0.667. The summed E-state index contributed by atoms with van der Waals surface area (Å²) in [7, 11) is 0. The Hall–Kier alpha value is -0.200. The average Bonchev–Trinajstić information content (AvgIpc) is 2.30.